The first-order valence-electron chi connectivity index (χ1n) is 8.52. The minimum absolute atomic E-state index is 0.0178. The Labute approximate surface area is 166 Å². The van der Waals surface area contributed by atoms with E-state index in [9.17, 15) is 14.9 Å². The van der Waals surface area contributed by atoms with Gasteiger partial charge in [0.2, 0.25) is 0 Å². The molecule has 1 saturated heterocycles. The standard InChI is InChI=1S/C18H20N4O3S2/c1-12-3-4-14(11-13(12)2)19-18(26)21-9-7-20(8-10-21)17(23)15-5-6-16(27-15)22(24)25/h3-6,11H,7-10H2,1-2H3,(H,19,26). The van der Waals surface area contributed by atoms with E-state index < -0.39 is 4.92 Å². The lowest BCUT2D eigenvalue weighted by atomic mass is 10.1. The van der Waals surface area contributed by atoms with Gasteiger partial charge in [0.25, 0.3) is 5.91 Å². The van der Waals surface area contributed by atoms with Crippen LogP contribution in [0.4, 0.5) is 10.7 Å². The first kappa shape index (κ1) is 19.2. The molecule has 7 nitrogen and oxygen atoms in total. The summed E-state index contributed by atoms with van der Waals surface area (Å²) in [6.45, 7) is 6.42. The molecule has 1 aromatic heterocycles. The third kappa shape index (κ3) is 4.42. The second-order valence-electron chi connectivity index (χ2n) is 6.40. The van der Waals surface area contributed by atoms with E-state index in [1.165, 1.54) is 23.3 Å². The molecule has 0 spiro atoms. The molecule has 9 heteroatoms. The number of amides is 1. The molecule has 27 heavy (non-hydrogen) atoms. The lowest BCUT2D eigenvalue weighted by Crippen LogP contribution is -2.51. The summed E-state index contributed by atoms with van der Waals surface area (Å²) in [4.78, 5) is 27.0. The van der Waals surface area contributed by atoms with Gasteiger partial charge in [-0.05, 0) is 55.4 Å². The highest BCUT2D eigenvalue weighted by Gasteiger charge is 2.25. The number of carbonyl (C=O) groups is 1. The van der Waals surface area contributed by atoms with Crippen molar-refractivity contribution in [2.45, 2.75) is 13.8 Å². The van der Waals surface area contributed by atoms with Crippen LogP contribution in [0.25, 0.3) is 0 Å². The van der Waals surface area contributed by atoms with Crippen LogP contribution in [-0.2, 0) is 0 Å². The molecule has 0 saturated carbocycles. The highest BCUT2D eigenvalue weighted by atomic mass is 32.1. The van der Waals surface area contributed by atoms with Gasteiger partial charge >= 0.3 is 5.00 Å². The number of thiophene rings is 1. The second kappa shape index (κ2) is 8.01. The van der Waals surface area contributed by atoms with Crippen molar-refractivity contribution in [3.8, 4) is 0 Å². The van der Waals surface area contributed by atoms with Crippen molar-refractivity contribution in [2.24, 2.45) is 0 Å². The van der Waals surface area contributed by atoms with Crippen molar-refractivity contribution in [2.75, 3.05) is 31.5 Å². The summed E-state index contributed by atoms with van der Waals surface area (Å²) >= 11 is 6.41. The maximum absolute atomic E-state index is 12.5. The molecule has 1 aliphatic rings. The van der Waals surface area contributed by atoms with Crippen molar-refractivity contribution < 1.29 is 9.72 Å². The molecule has 0 radical (unpaired) electrons. The van der Waals surface area contributed by atoms with E-state index in [1.807, 2.05) is 11.0 Å². The summed E-state index contributed by atoms with van der Waals surface area (Å²) in [5.41, 5.74) is 3.38. The number of piperazine rings is 1. The van der Waals surface area contributed by atoms with Crippen molar-refractivity contribution in [3.05, 3.63) is 56.5 Å². The van der Waals surface area contributed by atoms with Crippen LogP contribution in [0.15, 0.2) is 30.3 Å². The predicted octanol–water partition coefficient (Wildman–Crippen LogP) is 3.43. The van der Waals surface area contributed by atoms with E-state index in [1.54, 1.807) is 4.90 Å². The molecule has 0 atom stereocenters. The fraction of sp³-hybridized carbons (Fsp3) is 0.333. The van der Waals surface area contributed by atoms with Crippen LogP contribution in [0.1, 0.15) is 20.8 Å². The zero-order valence-corrected chi connectivity index (χ0v) is 16.7. The third-order valence-electron chi connectivity index (χ3n) is 4.59. The Morgan fingerprint density at radius 2 is 1.78 bits per heavy atom. The summed E-state index contributed by atoms with van der Waals surface area (Å²) in [6.07, 6.45) is 0. The SMILES string of the molecule is Cc1ccc(NC(=S)N2CCN(C(=O)c3ccc([N+](=O)[O-])s3)CC2)cc1C. The van der Waals surface area contributed by atoms with Gasteiger partial charge in [-0.15, -0.1) is 0 Å². The maximum atomic E-state index is 12.5. The molecule has 1 aromatic carbocycles. The topological polar surface area (TPSA) is 78.7 Å². The quantitative estimate of drug-likeness (QED) is 0.480. The van der Waals surface area contributed by atoms with Gasteiger partial charge in [0, 0.05) is 37.9 Å². The number of aryl methyl sites for hydroxylation is 2. The van der Waals surface area contributed by atoms with Crippen molar-refractivity contribution in [1.82, 2.24) is 9.80 Å². The highest BCUT2D eigenvalue weighted by molar-refractivity contribution is 7.80. The fourth-order valence-electron chi connectivity index (χ4n) is 2.83. The van der Waals surface area contributed by atoms with Gasteiger partial charge in [-0.3, -0.25) is 14.9 Å². The molecule has 1 amide bonds. The molecule has 2 aromatic rings. The Hall–Kier alpha value is -2.52. The van der Waals surface area contributed by atoms with E-state index in [0.717, 1.165) is 17.0 Å². The van der Waals surface area contributed by atoms with Gasteiger partial charge in [-0.25, -0.2) is 0 Å². The second-order valence-corrected chi connectivity index (χ2v) is 7.85. The fourth-order valence-corrected chi connectivity index (χ4v) is 3.92. The number of thiocarbonyl (C=S) groups is 1. The number of anilines is 1. The van der Waals surface area contributed by atoms with E-state index in [-0.39, 0.29) is 10.9 Å². The summed E-state index contributed by atoms with van der Waals surface area (Å²) < 4.78 is 0. The zero-order valence-electron chi connectivity index (χ0n) is 15.1. The Morgan fingerprint density at radius 1 is 1.11 bits per heavy atom. The van der Waals surface area contributed by atoms with Gasteiger partial charge in [0.05, 0.1) is 9.80 Å². The summed E-state index contributed by atoms with van der Waals surface area (Å²) in [6, 6.07) is 9.00. The first-order chi connectivity index (χ1) is 12.8. The summed E-state index contributed by atoms with van der Waals surface area (Å²) in [5.74, 6) is -0.166. The van der Waals surface area contributed by atoms with Gasteiger partial charge in [0.1, 0.15) is 0 Å². The van der Waals surface area contributed by atoms with Crippen LogP contribution < -0.4 is 5.32 Å². The molecule has 1 aliphatic heterocycles. The minimum Gasteiger partial charge on any atom is -0.345 e. The first-order valence-corrected chi connectivity index (χ1v) is 9.74. The van der Waals surface area contributed by atoms with Crippen LogP contribution in [-0.4, -0.2) is 51.9 Å². The number of nitro groups is 1. The third-order valence-corrected chi connectivity index (χ3v) is 5.98. The smallest absolute Gasteiger partial charge is 0.324 e. The average molecular weight is 405 g/mol. The van der Waals surface area contributed by atoms with Crippen LogP contribution in [0.3, 0.4) is 0 Å². The van der Waals surface area contributed by atoms with Crippen molar-refractivity contribution in [1.29, 1.82) is 0 Å². The lowest BCUT2D eigenvalue weighted by molar-refractivity contribution is -0.380. The minimum atomic E-state index is -0.476. The molecule has 142 valence electrons. The number of hydrogen-bond acceptors (Lipinski definition) is 5. The highest BCUT2D eigenvalue weighted by Crippen LogP contribution is 2.25. The number of rotatable bonds is 3. The largest absolute Gasteiger partial charge is 0.345 e. The van der Waals surface area contributed by atoms with Crippen LogP contribution >= 0.6 is 23.6 Å². The van der Waals surface area contributed by atoms with Crippen LogP contribution in [0.5, 0.6) is 0 Å². The van der Waals surface area contributed by atoms with Crippen LogP contribution in [0, 0.1) is 24.0 Å². The van der Waals surface area contributed by atoms with E-state index in [2.05, 4.69) is 31.3 Å². The number of nitrogens with zero attached hydrogens (tertiary/aromatic N) is 3. The van der Waals surface area contributed by atoms with Crippen molar-refractivity contribution in [3.63, 3.8) is 0 Å². The number of hydrogen-bond donors (Lipinski definition) is 1. The van der Waals surface area contributed by atoms with E-state index >= 15 is 0 Å². The number of nitrogens with one attached hydrogen (secondary N) is 1. The Morgan fingerprint density at radius 3 is 2.37 bits per heavy atom. The molecule has 1 N–H and O–H groups in total. The summed E-state index contributed by atoms with van der Waals surface area (Å²) in [5, 5.41) is 14.7. The average Bonchev–Trinajstić information content (AvgIpc) is 3.15. The van der Waals surface area contributed by atoms with Gasteiger partial charge in [-0.2, -0.15) is 0 Å². The number of carbonyl (C=O) groups excluding carboxylic acids is 1. The van der Waals surface area contributed by atoms with E-state index in [0.29, 0.717) is 36.2 Å². The lowest BCUT2D eigenvalue weighted by Gasteiger charge is -2.36. The Kier molecular flexibility index (Phi) is 5.71. The zero-order chi connectivity index (χ0) is 19.6. The Balaban J connectivity index is 1.56. The molecular formula is C18H20N4O3S2. The molecule has 2 heterocycles. The van der Waals surface area contributed by atoms with Gasteiger partial charge in [0.15, 0.2) is 5.11 Å². The normalized spacial score (nSPS) is 14.1. The summed E-state index contributed by atoms with van der Waals surface area (Å²) in [7, 11) is 0. The predicted molar refractivity (Wildman–Crippen MR) is 111 cm³/mol. The molecule has 3 rings (SSSR count). The van der Waals surface area contributed by atoms with Crippen molar-refractivity contribution >= 4 is 45.3 Å². The molecule has 0 unspecified atom stereocenters. The molecule has 1 fully saturated rings. The van der Waals surface area contributed by atoms with Crippen LogP contribution in [0.2, 0.25) is 0 Å². The monoisotopic (exact) mass is 404 g/mol. The van der Waals surface area contributed by atoms with Gasteiger partial charge in [-0.1, -0.05) is 17.4 Å². The number of benzene rings is 1. The maximum Gasteiger partial charge on any atom is 0.324 e. The molecule has 0 bridgehead atoms. The molecular weight excluding hydrogens is 384 g/mol. The van der Waals surface area contributed by atoms with E-state index in [4.69, 9.17) is 12.2 Å². The Bertz CT molecular complexity index is 888. The van der Waals surface area contributed by atoms with Gasteiger partial charge < -0.3 is 15.1 Å². The molecule has 0 aliphatic carbocycles.